The van der Waals surface area contributed by atoms with Crippen molar-refractivity contribution in [1.29, 1.82) is 0 Å². The van der Waals surface area contributed by atoms with E-state index in [1.807, 2.05) is 37.3 Å². The zero-order valence-electron chi connectivity index (χ0n) is 10.2. The molecule has 19 heavy (non-hydrogen) atoms. The van der Waals surface area contributed by atoms with Crippen LogP contribution in [0, 0.1) is 6.92 Å². The lowest BCUT2D eigenvalue weighted by Crippen LogP contribution is -2.09. The van der Waals surface area contributed by atoms with E-state index >= 15 is 0 Å². The third-order valence-electron chi connectivity index (χ3n) is 2.70. The maximum Gasteiger partial charge on any atom is 0.104 e. The molecule has 2 rings (SSSR count). The van der Waals surface area contributed by atoms with Gasteiger partial charge in [0.15, 0.2) is 0 Å². The minimum atomic E-state index is 0.326. The van der Waals surface area contributed by atoms with Gasteiger partial charge < -0.3 is 11.1 Å². The van der Waals surface area contributed by atoms with Crippen LogP contribution in [0.1, 0.15) is 11.1 Å². The smallest absolute Gasteiger partial charge is 0.104 e. The number of hydrogen-bond acceptors (Lipinski definition) is 2. The maximum absolute atomic E-state index is 6.18. The van der Waals surface area contributed by atoms with Crippen LogP contribution in [0.2, 0.25) is 10.0 Å². The van der Waals surface area contributed by atoms with Gasteiger partial charge in [0, 0.05) is 16.3 Å². The van der Waals surface area contributed by atoms with Gasteiger partial charge >= 0.3 is 0 Å². The molecule has 0 fully saturated rings. The largest absolute Gasteiger partial charge is 0.389 e. The Morgan fingerprint density at radius 2 is 1.84 bits per heavy atom. The Morgan fingerprint density at radius 1 is 1.11 bits per heavy atom. The highest BCUT2D eigenvalue weighted by atomic mass is 35.5. The molecule has 0 aliphatic carbocycles. The Morgan fingerprint density at radius 3 is 2.42 bits per heavy atom. The van der Waals surface area contributed by atoms with Gasteiger partial charge in [-0.25, -0.2) is 0 Å². The maximum atomic E-state index is 6.18. The first-order chi connectivity index (χ1) is 8.97. The number of anilines is 2. The number of halogens is 2. The van der Waals surface area contributed by atoms with E-state index in [0.29, 0.717) is 15.0 Å². The molecule has 5 heteroatoms. The van der Waals surface area contributed by atoms with Gasteiger partial charge in [-0.2, -0.15) is 0 Å². The number of nitrogens with one attached hydrogen (secondary N) is 1. The highest BCUT2D eigenvalue weighted by molar-refractivity contribution is 7.80. The molecule has 98 valence electrons. The number of aryl methyl sites for hydroxylation is 1. The lowest BCUT2D eigenvalue weighted by atomic mass is 10.2. The van der Waals surface area contributed by atoms with E-state index in [1.165, 1.54) is 0 Å². The number of hydrogen-bond donors (Lipinski definition) is 2. The summed E-state index contributed by atoms with van der Waals surface area (Å²) in [5.74, 6) is 0. The molecule has 0 saturated heterocycles. The van der Waals surface area contributed by atoms with Crippen LogP contribution in [0.3, 0.4) is 0 Å². The molecule has 0 spiro atoms. The molecule has 2 aromatic rings. The summed E-state index contributed by atoms with van der Waals surface area (Å²) in [7, 11) is 0. The summed E-state index contributed by atoms with van der Waals surface area (Å²) < 4.78 is 0. The molecule has 0 aromatic heterocycles. The Balaban J connectivity index is 2.28. The zero-order chi connectivity index (χ0) is 14.0. The van der Waals surface area contributed by atoms with Crippen LogP contribution in [-0.4, -0.2) is 4.99 Å². The van der Waals surface area contributed by atoms with Gasteiger partial charge in [-0.1, -0.05) is 41.5 Å². The van der Waals surface area contributed by atoms with Crippen molar-refractivity contribution in [2.24, 2.45) is 5.73 Å². The molecule has 0 bridgehead atoms. The summed E-state index contributed by atoms with van der Waals surface area (Å²) >= 11 is 17.2. The predicted molar refractivity (Wildman–Crippen MR) is 86.8 cm³/mol. The molecule has 0 amide bonds. The average Bonchev–Trinajstić information content (AvgIpc) is 2.36. The fraction of sp³-hybridized carbons (Fsp3) is 0.0714. The van der Waals surface area contributed by atoms with Crippen LogP contribution in [0.5, 0.6) is 0 Å². The average molecular weight is 311 g/mol. The van der Waals surface area contributed by atoms with Gasteiger partial charge in [0.05, 0.1) is 10.7 Å². The van der Waals surface area contributed by atoms with Crippen LogP contribution >= 0.6 is 35.4 Å². The van der Waals surface area contributed by atoms with E-state index in [4.69, 9.17) is 41.2 Å². The molecule has 0 radical (unpaired) electrons. The zero-order valence-corrected chi connectivity index (χ0v) is 12.5. The summed E-state index contributed by atoms with van der Waals surface area (Å²) in [6.45, 7) is 1.95. The van der Waals surface area contributed by atoms with Crippen molar-refractivity contribution in [3.63, 3.8) is 0 Å². The first-order valence-electron chi connectivity index (χ1n) is 5.60. The topological polar surface area (TPSA) is 38.0 Å². The van der Waals surface area contributed by atoms with Crippen molar-refractivity contribution in [2.75, 3.05) is 5.32 Å². The van der Waals surface area contributed by atoms with E-state index in [0.717, 1.165) is 22.5 Å². The second kappa shape index (κ2) is 5.78. The van der Waals surface area contributed by atoms with E-state index in [2.05, 4.69) is 5.32 Å². The summed E-state index contributed by atoms with van der Waals surface area (Å²) in [6, 6.07) is 11.1. The minimum Gasteiger partial charge on any atom is -0.389 e. The van der Waals surface area contributed by atoms with E-state index < -0.39 is 0 Å². The Kier molecular flexibility index (Phi) is 4.30. The fourth-order valence-electron chi connectivity index (χ4n) is 1.60. The van der Waals surface area contributed by atoms with Crippen LogP contribution in [-0.2, 0) is 0 Å². The first-order valence-corrected chi connectivity index (χ1v) is 6.76. The third kappa shape index (κ3) is 3.38. The van der Waals surface area contributed by atoms with Gasteiger partial charge in [-0.3, -0.25) is 0 Å². The SMILES string of the molecule is Cc1ccc(Nc2ccc(C(N)=S)cc2Cl)cc1Cl. The van der Waals surface area contributed by atoms with Gasteiger partial charge in [-0.05, 0) is 42.8 Å². The van der Waals surface area contributed by atoms with Crippen molar-refractivity contribution < 1.29 is 0 Å². The van der Waals surface area contributed by atoms with Crippen molar-refractivity contribution in [3.8, 4) is 0 Å². The minimum absolute atomic E-state index is 0.326. The Labute approximate surface area is 127 Å². The third-order valence-corrected chi connectivity index (χ3v) is 3.66. The van der Waals surface area contributed by atoms with Crippen LogP contribution < -0.4 is 11.1 Å². The number of thiocarbonyl (C=S) groups is 1. The lowest BCUT2D eigenvalue weighted by Gasteiger charge is -2.10. The Hall–Kier alpha value is -1.29. The van der Waals surface area contributed by atoms with Crippen LogP contribution in [0.15, 0.2) is 36.4 Å². The molecule has 0 saturated carbocycles. The number of nitrogens with two attached hydrogens (primary N) is 1. The summed E-state index contributed by atoms with van der Waals surface area (Å²) in [6.07, 6.45) is 0. The molecular weight excluding hydrogens is 299 g/mol. The van der Waals surface area contributed by atoms with Crippen molar-refractivity contribution in [1.82, 2.24) is 0 Å². The molecule has 3 N–H and O–H groups in total. The van der Waals surface area contributed by atoms with E-state index in [1.54, 1.807) is 6.07 Å². The van der Waals surface area contributed by atoms with Crippen LogP contribution in [0.25, 0.3) is 0 Å². The number of rotatable bonds is 3. The lowest BCUT2D eigenvalue weighted by molar-refractivity contribution is 1.45. The van der Waals surface area contributed by atoms with Gasteiger partial charge in [-0.15, -0.1) is 0 Å². The molecule has 0 atom stereocenters. The van der Waals surface area contributed by atoms with E-state index in [9.17, 15) is 0 Å². The second-order valence-electron chi connectivity index (χ2n) is 4.15. The highest BCUT2D eigenvalue weighted by Gasteiger charge is 2.05. The molecule has 0 unspecified atom stereocenters. The quantitative estimate of drug-likeness (QED) is 0.808. The summed E-state index contributed by atoms with van der Waals surface area (Å²) in [4.78, 5) is 0.326. The highest BCUT2D eigenvalue weighted by Crippen LogP contribution is 2.28. The van der Waals surface area contributed by atoms with Gasteiger partial charge in [0.1, 0.15) is 4.99 Å². The van der Waals surface area contributed by atoms with Crippen LogP contribution in [0.4, 0.5) is 11.4 Å². The molecule has 0 aliphatic rings. The van der Waals surface area contributed by atoms with Crippen molar-refractivity contribution in [2.45, 2.75) is 6.92 Å². The molecule has 2 aromatic carbocycles. The van der Waals surface area contributed by atoms with Crippen molar-refractivity contribution >= 4 is 51.8 Å². The monoisotopic (exact) mass is 310 g/mol. The summed E-state index contributed by atoms with van der Waals surface area (Å²) in [5, 5.41) is 4.47. The first kappa shape index (κ1) is 14.1. The van der Waals surface area contributed by atoms with E-state index in [-0.39, 0.29) is 0 Å². The molecule has 2 nitrogen and oxygen atoms in total. The molecule has 0 heterocycles. The fourth-order valence-corrected chi connectivity index (χ4v) is 2.13. The predicted octanol–water partition coefficient (Wildman–Crippen LogP) is 4.68. The van der Waals surface area contributed by atoms with Crippen molar-refractivity contribution in [3.05, 3.63) is 57.6 Å². The normalized spacial score (nSPS) is 10.3. The molecular formula is C14H12Cl2N2S. The second-order valence-corrected chi connectivity index (χ2v) is 5.40. The standard InChI is InChI=1S/C14H12Cl2N2S/c1-8-2-4-10(7-11(8)15)18-13-5-3-9(14(17)19)6-12(13)16/h2-7,18H,1H3,(H2,17,19). The summed E-state index contributed by atoms with van der Waals surface area (Å²) in [5.41, 5.74) is 8.98. The van der Waals surface area contributed by atoms with Gasteiger partial charge in [0.25, 0.3) is 0 Å². The Bertz CT molecular complexity index is 641. The molecule has 0 aliphatic heterocycles. The number of benzene rings is 2. The van der Waals surface area contributed by atoms with Gasteiger partial charge in [0.2, 0.25) is 0 Å².